The molecule has 4 rings (SSSR count). The molecule has 0 bridgehead atoms. The summed E-state index contributed by atoms with van der Waals surface area (Å²) in [6, 6.07) is 5.39. The number of nitrogens with zero attached hydrogens (tertiary/aromatic N) is 1. The van der Waals surface area contributed by atoms with Crippen LogP contribution in [0.5, 0.6) is 0 Å². The van der Waals surface area contributed by atoms with Crippen molar-refractivity contribution in [2.45, 2.75) is 51.0 Å². The molecular weight excluding hydrogens is 360 g/mol. The molecule has 0 aromatic heterocycles. The van der Waals surface area contributed by atoms with Crippen LogP contribution in [-0.2, 0) is 27.4 Å². The molecule has 3 amide bonds. The molecule has 3 aliphatic rings. The van der Waals surface area contributed by atoms with Gasteiger partial charge in [-0.25, -0.2) is 0 Å². The van der Waals surface area contributed by atoms with Crippen LogP contribution < -0.4 is 16.0 Å². The van der Waals surface area contributed by atoms with Gasteiger partial charge in [-0.05, 0) is 24.5 Å². The molecule has 8 nitrogen and oxygen atoms in total. The predicted molar refractivity (Wildman–Crippen MR) is 101 cm³/mol. The number of morpholine rings is 1. The Kier molecular flexibility index (Phi) is 5.43. The van der Waals surface area contributed by atoms with Gasteiger partial charge in [-0.15, -0.1) is 0 Å². The number of fused-ring (bicyclic) bond motifs is 1. The van der Waals surface area contributed by atoms with Crippen LogP contribution in [0.15, 0.2) is 18.2 Å². The van der Waals surface area contributed by atoms with Gasteiger partial charge >= 0.3 is 0 Å². The summed E-state index contributed by atoms with van der Waals surface area (Å²) in [4.78, 5) is 38.3. The van der Waals surface area contributed by atoms with Gasteiger partial charge in [0.1, 0.15) is 6.04 Å². The quantitative estimate of drug-likeness (QED) is 0.612. The minimum Gasteiger partial charge on any atom is -0.374 e. The van der Waals surface area contributed by atoms with Crippen LogP contribution in [0.2, 0.25) is 0 Å². The van der Waals surface area contributed by atoms with Gasteiger partial charge in [-0.2, -0.15) is 0 Å². The number of hydrogen-bond donors (Lipinski definition) is 3. The average molecular weight is 386 g/mol. The smallest absolute Gasteiger partial charge is 0.255 e. The van der Waals surface area contributed by atoms with Gasteiger partial charge in [0.2, 0.25) is 11.8 Å². The molecule has 3 unspecified atom stereocenters. The number of carbonyl (C=O) groups excluding carboxylic acids is 3. The molecule has 3 atom stereocenters. The maximum Gasteiger partial charge on any atom is 0.255 e. The van der Waals surface area contributed by atoms with Gasteiger partial charge in [0.15, 0.2) is 0 Å². The molecule has 0 saturated carbocycles. The lowest BCUT2D eigenvalue weighted by Crippen LogP contribution is -2.52. The third-order valence-corrected chi connectivity index (χ3v) is 5.77. The highest BCUT2D eigenvalue weighted by Gasteiger charge is 2.39. The number of nitrogens with one attached hydrogen (secondary N) is 3. The summed E-state index contributed by atoms with van der Waals surface area (Å²) in [6.07, 6.45) is 0.736. The Labute approximate surface area is 164 Å². The number of amides is 3. The molecular formula is C20H26N4O4. The number of carbonyl (C=O) groups is 3. The highest BCUT2D eigenvalue weighted by atomic mass is 16.5. The van der Waals surface area contributed by atoms with Gasteiger partial charge in [0.25, 0.3) is 5.91 Å². The monoisotopic (exact) mass is 386 g/mol. The van der Waals surface area contributed by atoms with E-state index in [4.69, 9.17) is 4.74 Å². The Balaban J connectivity index is 1.46. The molecule has 1 aromatic rings. The third kappa shape index (κ3) is 3.67. The zero-order valence-electron chi connectivity index (χ0n) is 16.0. The first kappa shape index (κ1) is 19.0. The summed E-state index contributed by atoms with van der Waals surface area (Å²) >= 11 is 0. The molecule has 1 aromatic carbocycles. The highest BCUT2D eigenvalue weighted by molar-refractivity contribution is 6.05. The lowest BCUT2D eigenvalue weighted by molar-refractivity contribution is -0.136. The zero-order valence-corrected chi connectivity index (χ0v) is 16.0. The fourth-order valence-corrected chi connectivity index (χ4v) is 4.15. The van der Waals surface area contributed by atoms with Crippen molar-refractivity contribution in [2.75, 3.05) is 19.7 Å². The maximum absolute atomic E-state index is 13.1. The van der Waals surface area contributed by atoms with Crippen LogP contribution in [0.4, 0.5) is 0 Å². The van der Waals surface area contributed by atoms with E-state index in [0.717, 1.165) is 24.2 Å². The molecule has 3 N–H and O–H groups in total. The van der Waals surface area contributed by atoms with E-state index in [1.807, 2.05) is 18.2 Å². The van der Waals surface area contributed by atoms with Gasteiger partial charge < -0.3 is 20.3 Å². The van der Waals surface area contributed by atoms with E-state index >= 15 is 0 Å². The van der Waals surface area contributed by atoms with Crippen LogP contribution in [0.1, 0.15) is 41.3 Å². The molecule has 150 valence electrons. The van der Waals surface area contributed by atoms with E-state index in [0.29, 0.717) is 31.7 Å². The molecule has 8 heteroatoms. The van der Waals surface area contributed by atoms with Crippen LogP contribution in [0, 0.1) is 0 Å². The number of piperidine rings is 1. The predicted octanol–water partition coefficient (Wildman–Crippen LogP) is -0.0859. The fourth-order valence-electron chi connectivity index (χ4n) is 4.15. The zero-order chi connectivity index (χ0) is 19.7. The third-order valence-electron chi connectivity index (χ3n) is 5.77. The second-order valence-electron chi connectivity index (χ2n) is 7.63. The van der Waals surface area contributed by atoms with E-state index in [2.05, 4.69) is 22.9 Å². The van der Waals surface area contributed by atoms with Crippen molar-refractivity contribution in [3.8, 4) is 0 Å². The molecule has 0 spiro atoms. The molecule has 2 fully saturated rings. The Bertz CT molecular complexity index is 790. The lowest BCUT2D eigenvalue weighted by atomic mass is 10.0. The number of ether oxygens (including phenoxy) is 1. The van der Waals surface area contributed by atoms with Crippen LogP contribution in [0.3, 0.4) is 0 Å². The van der Waals surface area contributed by atoms with Crippen molar-refractivity contribution in [3.05, 3.63) is 34.9 Å². The molecule has 0 radical (unpaired) electrons. The first-order valence-corrected chi connectivity index (χ1v) is 9.85. The SMILES string of the molecule is CC(NCc1cccc2c1C(=O)N(C1CCC(=O)NC1=O)C2)C1CNCCO1. The second-order valence-corrected chi connectivity index (χ2v) is 7.63. The van der Waals surface area contributed by atoms with Crippen molar-refractivity contribution in [2.24, 2.45) is 0 Å². The molecule has 28 heavy (non-hydrogen) atoms. The van der Waals surface area contributed by atoms with Gasteiger partial charge in [0.05, 0.1) is 12.7 Å². The maximum atomic E-state index is 13.1. The van der Waals surface area contributed by atoms with Gasteiger partial charge in [0, 0.05) is 44.2 Å². The average Bonchev–Trinajstić information content (AvgIpc) is 3.04. The Morgan fingerprint density at radius 1 is 1.32 bits per heavy atom. The molecule has 0 aliphatic carbocycles. The van der Waals surface area contributed by atoms with Gasteiger partial charge in [-0.3, -0.25) is 19.7 Å². The van der Waals surface area contributed by atoms with Crippen molar-refractivity contribution < 1.29 is 19.1 Å². The Morgan fingerprint density at radius 2 is 2.18 bits per heavy atom. The fraction of sp³-hybridized carbons (Fsp3) is 0.550. The van der Waals surface area contributed by atoms with Crippen LogP contribution in [0.25, 0.3) is 0 Å². The summed E-state index contributed by atoms with van der Waals surface area (Å²) in [6.45, 7) is 5.43. The normalized spacial score (nSPS) is 26.2. The van der Waals surface area contributed by atoms with Crippen LogP contribution in [-0.4, -0.2) is 60.5 Å². The van der Waals surface area contributed by atoms with Crippen molar-refractivity contribution in [1.82, 2.24) is 20.9 Å². The van der Waals surface area contributed by atoms with Crippen molar-refractivity contribution in [1.29, 1.82) is 0 Å². The van der Waals surface area contributed by atoms with E-state index in [-0.39, 0.29) is 36.3 Å². The number of hydrogen-bond acceptors (Lipinski definition) is 6. The molecule has 3 aliphatic heterocycles. The largest absolute Gasteiger partial charge is 0.374 e. The summed E-state index contributed by atoms with van der Waals surface area (Å²) in [5.41, 5.74) is 2.53. The first-order chi connectivity index (χ1) is 13.5. The number of imide groups is 1. The first-order valence-electron chi connectivity index (χ1n) is 9.85. The topological polar surface area (TPSA) is 99.8 Å². The van der Waals surface area contributed by atoms with Crippen LogP contribution >= 0.6 is 0 Å². The van der Waals surface area contributed by atoms with Gasteiger partial charge in [-0.1, -0.05) is 18.2 Å². The van der Waals surface area contributed by atoms with E-state index in [1.54, 1.807) is 4.90 Å². The summed E-state index contributed by atoms with van der Waals surface area (Å²) < 4.78 is 5.79. The van der Waals surface area contributed by atoms with E-state index < -0.39 is 6.04 Å². The number of rotatable bonds is 5. The lowest BCUT2D eigenvalue weighted by Gasteiger charge is -2.30. The molecule has 3 heterocycles. The van der Waals surface area contributed by atoms with Crippen molar-refractivity contribution >= 4 is 17.7 Å². The minimum atomic E-state index is -0.584. The molecule has 2 saturated heterocycles. The number of benzene rings is 1. The standard InChI is InChI=1S/C20H26N4O4/c1-12(16-10-21-7-8-28-16)22-9-13-3-2-4-14-11-24(20(27)18(13)14)15-5-6-17(25)23-19(15)26/h2-4,12,15-16,21-22H,5-11H2,1H3,(H,23,25,26). The van der Waals surface area contributed by atoms with Crippen molar-refractivity contribution in [3.63, 3.8) is 0 Å². The van der Waals surface area contributed by atoms with E-state index in [9.17, 15) is 14.4 Å². The summed E-state index contributed by atoms with van der Waals surface area (Å²) in [7, 11) is 0. The summed E-state index contributed by atoms with van der Waals surface area (Å²) in [5.74, 6) is -0.790. The second kappa shape index (κ2) is 7.98. The highest BCUT2D eigenvalue weighted by Crippen LogP contribution is 2.29. The Hall–Kier alpha value is -2.29. The minimum absolute atomic E-state index is 0.0983. The Morgan fingerprint density at radius 3 is 2.93 bits per heavy atom. The van der Waals surface area contributed by atoms with E-state index in [1.165, 1.54) is 0 Å². The summed E-state index contributed by atoms with van der Waals surface area (Å²) in [5, 5.41) is 9.13.